The van der Waals surface area contributed by atoms with E-state index in [4.69, 9.17) is 23.7 Å². The summed E-state index contributed by atoms with van der Waals surface area (Å²) in [5.74, 6) is 2.26. The fourth-order valence-electron chi connectivity index (χ4n) is 3.22. The molecule has 6 heteroatoms. The number of carbonyl (C=O) groups is 1. The van der Waals surface area contributed by atoms with Crippen LogP contribution >= 0.6 is 0 Å². The van der Waals surface area contributed by atoms with Crippen LogP contribution in [-0.4, -0.2) is 41.3 Å². The molecule has 0 unspecified atom stereocenters. The van der Waals surface area contributed by atoms with Crippen molar-refractivity contribution >= 4 is 5.78 Å². The van der Waals surface area contributed by atoms with Crippen molar-refractivity contribution in [3.63, 3.8) is 0 Å². The third-order valence-electron chi connectivity index (χ3n) is 4.79. The molecule has 6 nitrogen and oxygen atoms in total. The zero-order valence-electron chi connectivity index (χ0n) is 17.6. The Kier molecular flexibility index (Phi) is 6.47. The van der Waals surface area contributed by atoms with Crippen LogP contribution in [0.15, 0.2) is 54.6 Å². The van der Waals surface area contributed by atoms with Crippen molar-refractivity contribution < 1.29 is 28.5 Å². The molecule has 156 valence electrons. The SMILES string of the molecule is COc1ccc(-c2ccc(OC)c(C(=O)c3cc(OC)c(OC)c(OC)c3)c2)cc1. The molecule has 3 rings (SSSR count). The number of ether oxygens (including phenoxy) is 5. The third kappa shape index (κ3) is 4.03. The van der Waals surface area contributed by atoms with Crippen molar-refractivity contribution in [2.75, 3.05) is 35.5 Å². The minimum atomic E-state index is -0.221. The molecule has 0 heterocycles. The van der Waals surface area contributed by atoms with Gasteiger partial charge in [0.25, 0.3) is 0 Å². The summed E-state index contributed by atoms with van der Waals surface area (Å²) < 4.78 is 26.8. The van der Waals surface area contributed by atoms with Crippen molar-refractivity contribution in [3.8, 4) is 39.9 Å². The van der Waals surface area contributed by atoms with Crippen LogP contribution in [0.3, 0.4) is 0 Å². The molecule has 0 aliphatic heterocycles. The fourth-order valence-corrected chi connectivity index (χ4v) is 3.22. The lowest BCUT2D eigenvalue weighted by Gasteiger charge is -2.15. The first kappa shape index (κ1) is 21.0. The van der Waals surface area contributed by atoms with Gasteiger partial charge in [-0.05, 0) is 47.5 Å². The second kappa shape index (κ2) is 9.22. The van der Waals surface area contributed by atoms with Crippen LogP contribution in [0.5, 0.6) is 28.7 Å². The van der Waals surface area contributed by atoms with E-state index in [-0.39, 0.29) is 5.78 Å². The van der Waals surface area contributed by atoms with Gasteiger partial charge in [-0.1, -0.05) is 18.2 Å². The molecule has 0 fully saturated rings. The summed E-state index contributed by atoms with van der Waals surface area (Å²) in [6.45, 7) is 0. The Morgan fingerprint density at radius 3 is 1.67 bits per heavy atom. The highest BCUT2D eigenvalue weighted by molar-refractivity contribution is 6.12. The van der Waals surface area contributed by atoms with Gasteiger partial charge < -0.3 is 23.7 Å². The van der Waals surface area contributed by atoms with Crippen LogP contribution in [0, 0.1) is 0 Å². The maximum absolute atomic E-state index is 13.4. The van der Waals surface area contributed by atoms with Gasteiger partial charge in [0.05, 0.1) is 41.1 Å². The topological polar surface area (TPSA) is 63.2 Å². The van der Waals surface area contributed by atoms with Gasteiger partial charge in [0, 0.05) is 5.56 Å². The lowest BCUT2D eigenvalue weighted by atomic mass is 9.96. The predicted molar refractivity (Wildman–Crippen MR) is 115 cm³/mol. The highest BCUT2D eigenvalue weighted by atomic mass is 16.5. The van der Waals surface area contributed by atoms with E-state index >= 15 is 0 Å². The first-order valence-electron chi connectivity index (χ1n) is 9.23. The van der Waals surface area contributed by atoms with Crippen molar-refractivity contribution in [2.24, 2.45) is 0 Å². The first-order chi connectivity index (χ1) is 14.6. The number of methoxy groups -OCH3 is 5. The molecule has 0 radical (unpaired) electrons. The monoisotopic (exact) mass is 408 g/mol. The Morgan fingerprint density at radius 1 is 0.600 bits per heavy atom. The Morgan fingerprint density at radius 2 is 1.17 bits per heavy atom. The molecule has 0 atom stereocenters. The number of carbonyl (C=O) groups excluding carboxylic acids is 1. The molecule has 3 aromatic rings. The fraction of sp³-hybridized carbons (Fsp3) is 0.208. The van der Waals surface area contributed by atoms with Crippen molar-refractivity contribution in [1.82, 2.24) is 0 Å². The van der Waals surface area contributed by atoms with Crippen LogP contribution in [0.1, 0.15) is 15.9 Å². The van der Waals surface area contributed by atoms with E-state index in [2.05, 4.69) is 0 Å². The summed E-state index contributed by atoms with van der Waals surface area (Å²) in [7, 11) is 7.70. The summed E-state index contributed by atoms with van der Waals surface area (Å²) in [6, 6.07) is 16.4. The van der Waals surface area contributed by atoms with Crippen LogP contribution in [0.2, 0.25) is 0 Å². The summed E-state index contributed by atoms with van der Waals surface area (Å²) in [4.78, 5) is 13.4. The smallest absolute Gasteiger partial charge is 0.203 e. The van der Waals surface area contributed by atoms with E-state index in [1.165, 1.54) is 28.4 Å². The number of ketones is 1. The highest BCUT2D eigenvalue weighted by Gasteiger charge is 2.21. The average Bonchev–Trinajstić information content (AvgIpc) is 2.82. The molecular formula is C24H24O6. The second-order valence-corrected chi connectivity index (χ2v) is 6.39. The van der Waals surface area contributed by atoms with Crippen LogP contribution in [0.4, 0.5) is 0 Å². The van der Waals surface area contributed by atoms with Gasteiger partial charge in [-0.3, -0.25) is 4.79 Å². The standard InChI is InChI=1S/C24H24O6/c1-26-18-9-6-15(7-10-18)16-8-11-20(27-2)19(12-16)23(25)17-13-21(28-3)24(30-5)22(14-17)29-4/h6-14H,1-5H3. The lowest BCUT2D eigenvalue weighted by Crippen LogP contribution is -2.06. The molecule has 0 aliphatic rings. The van der Waals surface area contributed by atoms with Gasteiger partial charge in [-0.2, -0.15) is 0 Å². The summed E-state index contributed by atoms with van der Waals surface area (Å²) in [5, 5.41) is 0. The molecule has 0 saturated heterocycles. The Balaban J connectivity index is 2.08. The number of rotatable bonds is 8. The molecule has 0 spiro atoms. The van der Waals surface area contributed by atoms with Crippen molar-refractivity contribution in [3.05, 3.63) is 65.7 Å². The van der Waals surface area contributed by atoms with Gasteiger partial charge in [-0.25, -0.2) is 0 Å². The molecular weight excluding hydrogens is 384 g/mol. The van der Waals surface area contributed by atoms with E-state index in [1.807, 2.05) is 36.4 Å². The average molecular weight is 408 g/mol. The largest absolute Gasteiger partial charge is 0.497 e. The second-order valence-electron chi connectivity index (χ2n) is 6.39. The van der Waals surface area contributed by atoms with E-state index in [1.54, 1.807) is 25.3 Å². The number of hydrogen-bond donors (Lipinski definition) is 0. The van der Waals surface area contributed by atoms with Crippen LogP contribution < -0.4 is 23.7 Å². The Labute approximate surface area is 175 Å². The van der Waals surface area contributed by atoms with Crippen molar-refractivity contribution in [2.45, 2.75) is 0 Å². The molecule has 0 aliphatic carbocycles. The minimum absolute atomic E-state index is 0.221. The molecule has 0 saturated carbocycles. The lowest BCUT2D eigenvalue weighted by molar-refractivity contribution is 0.103. The van der Waals surface area contributed by atoms with Gasteiger partial charge in [0.2, 0.25) is 5.75 Å². The molecule has 0 aromatic heterocycles. The van der Waals surface area contributed by atoms with E-state index < -0.39 is 0 Å². The Hall–Kier alpha value is -3.67. The van der Waals surface area contributed by atoms with E-state index in [0.717, 1.165) is 16.9 Å². The van der Waals surface area contributed by atoms with Crippen molar-refractivity contribution in [1.29, 1.82) is 0 Å². The quantitative estimate of drug-likeness (QED) is 0.507. The zero-order valence-corrected chi connectivity index (χ0v) is 17.6. The van der Waals surface area contributed by atoms with Crippen LogP contribution in [-0.2, 0) is 0 Å². The van der Waals surface area contributed by atoms with Gasteiger partial charge in [0.15, 0.2) is 17.3 Å². The van der Waals surface area contributed by atoms with Gasteiger partial charge >= 0.3 is 0 Å². The summed E-state index contributed by atoms with van der Waals surface area (Å²) >= 11 is 0. The number of benzene rings is 3. The van der Waals surface area contributed by atoms with Gasteiger partial charge in [-0.15, -0.1) is 0 Å². The Bertz CT molecular complexity index is 1020. The van der Waals surface area contributed by atoms with Gasteiger partial charge in [0.1, 0.15) is 11.5 Å². The van der Waals surface area contributed by atoms with Crippen LogP contribution in [0.25, 0.3) is 11.1 Å². The molecule has 0 amide bonds. The third-order valence-corrected chi connectivity index (χ3v) is 4.79. The maximum atomic E-state index is 13.4. The normalized spacial score (nSPS) is 10.3. The molecule has 0 bridgehead atoms. The summed E-state index contributed by atoms with van der Waals surface area (Å²) in [5.41, 5.74) is 2.67. The number of hydrogen-bond acceptors (Lipinski definition) is 6. The minimum Gasteiger partial charge on any atom is -0.497 e. The summed E-state index contributed by atoms with van der Waals surface area (Å²) in [6.07, 6.45) is 0. The molecule has 3 aromatic carbocycles. The molecule has 0 N–H and O–H groups in total. The molecule has 30 heavy (non-hydrogen) atoms. The predicted octanol–water partition coefficient (Wildman–Crippen LogP) is 4.63. The first-order valence-corrected chi connectivity index (χ1v) is 9.23. The van der Waals surface area contributed by atoms with E-state index in [0.29, 0.717) is 34.1 Å². The highest BCUT2D eigenvalue weighted by Crippen LogP contribution is 2.39. The van der Waals surface area contributed by atoms with E-state index in [9.17, 15) is 4.79 Å². The maximum Gasteiger partial charge on any atom is 0.203 e. The zero-order chi connectivity index (χ0) is 21.7.